The van der Waals surface area contributed by atoms with Gasteiger partial charge < -0.3 is 0 Å². The van der Waals surface area contributed by atoms with Crippen LogP contribution in [0.15, 0.2) is 18.2 Å². The largest absolute Gasteiger partial charge is 0.297 e. The molecule has 2 unspecified atom stereocenters. The van der Waals surface area contributed by atoms with Gasteiger partial charge in [-0.1, -0.05) is 24.1 Å². The maximum atomic E-state index is 5.38. The van der Waals surface area contributed by atoms with Gasteiger partial charge in [-0.05, 0) is 49.8 Å². The lowest BCUT2D eigenvalue weighted by Crippen LogP contribution is -2.27. The highest BCUT2D eigenvalue weighted by atomic mass is 14.9. The summed E-state index contributed by atoms with van der Waals surface area (Å²) in [4.78, 5) is 0. The van der Waals surface area contributed by atoms with Crippen LogP contribution in [0.1, 0.15) is 43.0 Å². The van der Waals surface area contributed by atoms with Crippen LogP contribution in [0.5, 0.6) is 0 Å². The van der Waals surface area contributed by atoms with Gasteiger partial charge in [0.1, 0.15) is 0 Å². The van der Waals surface area contributed by atoms with Crippen LogP contribution in [0.25, 0.3) is 0 Å². The van der Waals surface area contributed by atoms with Crippen LogP contribution in [0.4, 0.5) is 0 Å². The molecule has 0 aliphatic heterocycles. The summed E-state index contributed by atoms with van der Waals surface area (Å²) in [5.74, 6) is 2.71. The number of hydrogen-bond acceptors (Lipinski definition) is 1. The van der Waals surface area contributed by atoms with E-state index in [9.17, 15) is 0 Å². The number of rotatable bonds is 3. The van der Waals surface area contributed by atoms with E-state index in [0.717, 1.165) is 0 Å². The molecule has 0 spiro atoms. The van der Waals surface area contributed by atoms with Crippen LogP contribution in [-0.2, 0) is 12.8 Å². The number of hydrogen-bond donors (Lipinski definition) is 1. The minimum Gasteiger partial charge on any atom is -0.297 e. The fraction of sp³-hybridized carbons (Fsp3) is 0.467. The standard InChI is InChI=1S/C15H19N/c1-4-11(2)16-12(3)14-9-8-13-6-5-7-15(13)10-14/h1,8-12,16H,5-7H2,2-3H3. The van der Waals surface area contributed by atoms with Crippen LogP contribution < -0.4 is 5.32 Å². The van der Waals surface area contributed by atoms with Crippen molar-refractivity contribution in [1.82, 2.24) is 5.32 Å². The number of terminal acetylenes is 1. The Labute approximate surface area is 98.3 Å². The number of fused-ring (bicyclic) bond motifs is 1. The minimum atomic E-state index is 0.128. The third-order valence-corrected chi connectivity index (χ3v) is 3.37. The average Bonchev–Trinajstić information content (AvgIpc) is 2.75. The van der Waals surface area contributed by atoms with Gasteiger partial charge in [0.2, 0.25) is 0 Å². The summed E-state index contributed by atoms with van der Waals surface area (Å²) in [5.41, 5.74) is 4.41. The first-order valence-corrected chi connectivity index (χ1v) is 6.04. The molecule has 0 saturated carbocycles. The Morgan fingerprint density at radius 2 is 2.00 bits per heavy atom. The third-order valence-electron chi connectivity index (χ3n) is 3.37. The molecule has 1 aromatic rings. The van der Waals surface area contributed by atoms with Crippen LogP contribution in [0.2, 0.25) is 0 Å². The molecule has 1 nitrogen and oxygen atoms in total. The van der Waals surface area contributed by atoms with Crippen LogP contribution in [0, 0.1) is 12.3 Å². The Morgan fingerprint density at radius 1 is 1.25 bits per heavy atom. The van der Waals surface area contributed by atoms with E-state index < -0.39 is 0 Å². The van der Waals surface area contributed by atoms with E-state index in [2.05, 4.69) is 36.4 Å². The lowest BCUT2D eigenvalue weighted by Gasteiger charge is -2.17. The lowest BCUT2D eigenvalue weighted by atomic mass is 10.0. The molecule has 0 bridgehead atoms. The summed E-state index contributed by atoms with van der Waals surface area (Å²) < 4.78 is 0. The second-order valence-corrected chi connectivity index (χ2v) is 4.66. The van der Waals surface area contributed by atoms with Crippen molar-refractivity contribution in [3.8, 4) is 12.3 Å². The zero-order chi connectivity index (χ0) is 11.5. The summed E-state index contributed by atoms with van der Waals surface area (Å²) >= 11 is 0. The van der Waals surface area contributed by atoms with Gasteiger partial charge in [-0.2, -0.15) is 0 Å². The van der Waals surface area contributed by atoms with Gasteiger partial charge >= 0.3 is 0 Å². The van der Waals surface area contributed by atoms with Crippen molar-refractivity contribution >= 4 is 0 Å². The molecule has 16 heavy (non-hydrogen) atoms. The monoisotopic (exact) mass is 213 g/mol. The second-order valence-electron chi connectivity index (χ2n) is 4.66. The van der Waals surface area contributed by atoms with Crippen LogP contribution in [0.3, 0.4) is 0 Å². The quantitative estimate of drug-likeness (QED) is 0.761. The van der Waals surface area contributed by atoms with Gasteiger partial charge in [-0.25, -0.2) is 0 Å². The molecule has 0 aromatic heterocycles. The molecular weight excluding hydrogens is 194 g/mol. The molecule has 1 aliphatic rings. The van der Waals surface area contributed by atoms with E-state index in [4.69, 9.17) is 6.42 Å². The van der Waals surface area contributed by atoms with Gasteiger partial charge in [0.25, 0.3) is 0 Å². The normalized spacial score (nSPS) is 17.6. The van der Waals surface area contributed by atoms with Gasteiger partial charge in [0.05, 0.1) is 6.04 Å². The maximum absolute atomic E-state index is 5.38. The molecule has 0 fully saturated rings. The van der Waals surface area contributed by atoms with E-state index in [1.165, 1.54) is 36.0 Å². The summed E-state index contributed by atoms with van der Waals surface area (Å²) in [6, 6.07) is 7.30. The van der Waals surface area contributed by atoms with E-state index in [-0.39, 0.29) is 6.04 Å². The Hall–Kier alpha value is -1.26. The van der Waals surface area contributed by atoms with E-state index in [1.54, 1.807) is 0 Å². The van der Waals surface area contributed by atoms with Crippen LogP contribution in [-0.4, -0.2) is 6.04 Å². The van der Waals surface area contributed by atoms with Crippen molar-refractivity contribution in [3.05, 3.63) is 34.9 Å². The summed E-state index contributed by atoms with van der Waals surface area (Å²) in [6.45, 7) is 4.19. The Kier molecular flexibility index (Phi) is 3.31. The maximum Gasteiger partial charge on any atom is 0.0662 e. The van der Waals surface area contributed by atoms with Gasteiger partial charge in [-0.15, -0.1) is 6.42 Å². The first-order chi connectivity index (χ1) is 7.70. The van der Waals surface area contributed by atoms with Gasteiger partial charge in [0.15, 0.2) is 0 Å². The Morgan fingerprint density at radius 3 is 2.75 bits per heavy atom. The van der Waals surface area contributed by atoms with Crippen LogP contribution >= 0.6 is 0 Å². The highest BCUT2D eigenvalue weighted by Gasteiger charge is 2.13. The van der Waals surface area contributed by atoms with Crippen molar-refractivity contribution in [2.24, 2.45) is 0 Å². The zero-order valence-electron chi connectivity index (χ0n) is 10.1. The van der Waals surface area contributed by atoms with Crippen molar-refractivity contribution < 1.29 is 0 Å². The molecule has 1 heteroatoms. The summed E-state index contributed by atoms with van der Waals surface area (Å²) in [7, 11) is 0. The molecule has 0 amide bonds. The van der Waals surface area contributed by atoms with E-state index in [1.807, 2.05) is 6.92 Å². The number of aryl methyl sites for hydroxylation is 2. The first-order valence-electron chi connectivity index (χ1n) is 6.04. The SMILES string of the molecule is C#CC(C)NC(C)c1ccc2c(c1)CCC2. The van der Waals surface area contributed by atoms with Crippen molar-refractivity contribution in [2.45, 2.75) is 45.2 Å². The predicted octanol–water partition coefficient (Wildman–Crippen LogP) is 2.85. The topological polar surface area (TPSA) is 12.0 Å². The lowest BCUT2D eigenvalue weighted by molar-refractivity contribution is 0.546. The molecule has 1 aliphatic carbocycles. The molecule has 0 heterocycles. The number of nitrogens with one attached hydrogen (secondary N) is 1. The van der Waals surface area contributed by atoms with Gasteiger partial charge in [0, 0.05) is 6.04 Å². The second kappa shape index (κ2) is 4.72. The number of benzene rings is 1. The molecule has 2 atom stereocenters. The predicted molar refractivity (Wildman–Crippen MR) is 68.3 cm³/mol. The average molecular weight is 213 g/mol. The molecular formula is C15H19N. The zero-order valence-corrected chi connectivity index (χ0v) is 10.1. The molecule has 84 valence electrons. The molecule has 1 aromatic carbocycles. The van der Waals surface area contributed by atoms with E-state index >= 15 is 0 Å². The third kappa shape index (κ3) is 2.28. The summed E-state index contributed by atoms with van der Waals surface area (Å²) in [5, 5.41) is 3.40. The van der Waals surface area contributed by atoms with Crippen molar-refractivity contribution in [3.63, 3.8) is 0 Å². The van der Waals surface area contributed by atoms with Crippen molar-refractivity contribution in [1.29, 1.82) is 0 Å². The van der Waals surface area contributed by atoms with E-state index in [0.29, 0.717) is 6.04 Å². The minimum absolute atomic E-state index is 0.128. The Balaban J connectivity index is 2.12. The van der Waals surface area contributed by atoms with Crippen molar-refractivity contribution in [2.75, 3.05) is 0 Å². The Bertz CT molecular complexity index is 414. The fourth-order valence-electron chi connectivity index (χ4n) is 2.38. The highest BCUT2D eigenvalue weighted by Crippen LogP contribution is 2.25. The molecule has 2 rings (SSSR count). The fourth-order valence-corrected chi connectivity index (χ4v) is 2.38. The molecule has 1 N–H and O–H groups in total. The first kappa shape index (κ1) is 11.2. The molecule has 0 radical (unpaired) electrons. The van der Waals surface area contributed by atoms with Gasteiger partial charge in [-0.3, -0.25) is 5.32 Å². The highest BCUT2D eigenvalue weighted by molar-refractivity contribution is 5.36. The molecule has 0 saturated heterocycles. The summed E-state index contributed by atoms with van der Waals surface area (Å²) in [6.07, 6.45) is 9.17. The smallest absolute Gasteiger partial charge is 0.0662 e.